The molecule has 6 heteroatoms. The van der Waals surface area contributed by atoms with E-state index in [9.17, 15) is 8.22 Å². The van der Waals surface area contributed by atoms with Crippen molar-refractivity contribution >= 4 is 87.2 Å². The first-order valence-electron chi connectivity index (χ1n) is 28.9. The van der Waals surface area contributed by atoms with Gasteiger partial charge in [0, 0.05) is 54.8 Å². The van der Waals surface area contributed by atoms with Crippen molar-refractivity contribution in [1.29, 1.82) is 0 Å². The Kier molecular flexibility index (Phi) is 6.13. The van der Waals surface area contributed by atoms with E-state index in [1.54, 1.807) is 28.8 Å². The lowest BCUT2D eigenvalue weighted by atomic mass is 9.95. The molecule has 0 saturated heterocycles. The number of nitrogens with zero attached hydrogens (tertiary/aromatic N) is 6. The molecule has 0 atom stereocenters. The fourth-order valence-corrected chi connectivity index (χ4v) is 10.7. The van der Waals surface area contributed by atoms with Gasteiger partial charge in [-0.3, -0.25) is 9.13 Å². The van der Waals surface area contributed by atoms with Gasteiger partial charge >= 0.3 is 0 Å². The first kappa shape index (κ1) is 28.6. The van der Waals surface area contributed by atoms with Gasteiger partial charge in [0.05, 0.1) is 71.8 Å². The van der Waals surface area contributed by atoms with Gasteiger partial charge in [-0.15, -0.1) is 0 Å². The largest absolute Gasteiger partial charge is 0.309 e. The van der Waals surface area contributed by atoms with Gasteiger partial charge in [0.2, 0.25) is 0 Å². The molecular formula is C64H40N6. The summed E-state index contributed by atoms with van der Waals surface area (Å²) >= 11 is 0. The number of hydrogen-bond donors (Lipinski definition) is 0. The van der Waals surface area contributed by atoms with Crippen molar-refractivity contribution in [1.82, 2.24) is 28.2 Å². The maximum Gasteiger partial charge on any atom is 0.166 e. The molecule has 0 N–H and O–H groups in total. The molecule has 0 bridgehead atoms. The molecule has 5 aromatic heterocycles. The minimum absolute atomic E-state index is 0.0637. The Morgan fingerprint density at radius 2 is 0.757 bits per heavy atom. The smallest absolute Gasteiger partial charge is 0.166 e. The third-order valence-electron chi connectivity index (χ3n) is 13.6. The Labute approximate surface area is 418 Å². The van der Waals surface area contributed by atoms with Crippen molar-refractivity contribution in [2.45, 2.75) is 0 Å². The summed E-state index contributed by atoms with van der Waals surface area (Å²) in [7, 11) is 0. The molecular weight excluding hydrogens is 853 g/mol. The molecule has 0 radical (unpaired) electrons. The second-order valence-electron chi connectivity index (χ2n) is 17.3. The quantitative estimate of drug-likeness (QED) is 0.167. The zero-order valence-corrected chi connectivity index (χ0v) is 36.8. The predicted octanol–water partition coefficient (Wildman–Crippen LogP) is 16.2. The lowest BCUT2D eigenvalue weighted by Gasteiger charge is -2.19. The summed E-state index contributed by atoms with van der Waals surface area (Å²) in [5.74, 6) is 0.0821. The normalized spacial score (nSPS) is 14.4. The van der Waals surface area contributed by atoms with Crippen LogP contribution in [0, 0.1) is 0 Å². The van der Waals surface area contributed by atoms with Gasteiger partial charge in [0.15, 0.2) is 5.82 Å². The van der Waals surface area contributed by atoms with E-state index >= 15 is 0 Å². The molecule has 0 aliphatic heterocycles. The summed E-state index contributed by atoms with van der Waals surface area (Å²) in [6.45, 7) is 0. The van der Waals surface area contributed by atoms with Gasteiger partial charge < -0.3 is 9.13 Å². The Balaban J connectivity index is 1.15. The maximum atomic E-state index is 9.56. The molecule has 326 valence electrons. The van der Waals surface area contributed by atoms with Gasteiger partial charge in [-0.1, -0.05) is 164 Å². The third kappa shape index (κ3) is 5.56. The summed E-state index contributed by atoms with van der Waals surface area (Å²) in [5.41, 5.74) is 7.53. The van der Waals surface area contributed by atoms with Gasteiger partial charge in [0.25, 0.3) is 0 Å². The van der Waals surface area contributed by atoms with Crippen LogP contribution in [0.5, 0.6) is 0 Å². The summed E-state index contributed by atoms with van der Waals surface area (Å²) in [4.78, 5) is 11.0. The van der Waals surface area contributed by atoms with Crippen molar-refractivity contribution in [2.75, 3.05) is 0 Å². The lowest BCUT2D eigenvalue weighted by Crippen LogP contribution is -2.08. The zero-order chi connectivity index (χ0) is 56.3. The first-order valence-corrected chi connectivity index (χ1v) is 22.9. The fourth-order valence-electron chi connectivity index (χ4n) is 10.7. The van der Waals surface area contributed by atoms with E-state index in [1.165, 1.54) is 10.6 Å². The van der Waals surface area contributed by atoms with Crippen LogP contribution in [0.3, 0.4) is 0 Å². The van der Waals surface area contributed by atoms with Crippen LogP contribution < -0.4 is 0 Å². The Morgan fingerprint density at radius 1 is 0.314 bits per heavy atom. The Hall–Kier alpha value is -9.52. The summed E-state index contributed by atoms with van der Waals surface area (Å²) in [6, 6.07) is 49.5. The van der Waals surface area contributed by atoms with E-state index in [4.69, 9.17) is 18.2 Å². The molecule has 0 aliphatic carbocycles. The number of fused-ring (bicyclic) bond motifs is 12. The number of aromatic nitrogens is 6. The lowest BCUT2D eigenvalue weighted by molar-refractivity contribution is 0.991. The molecule has 10 aromatic carbocycles. The van der Waals surface area contributed by atoms with Gasteiger partial charge in [-0.25, -0.2) is 9.97 Å². The van der Waals surface area contributed by atoms with E-state index < -0.39 is 60.4 Å². The Morgan fingerprint density at radius 3 is 1.34 bits per heavy atom. The first-order chi connectivity index (χ1) is 39.7. The van der Waals surface area contributed by atoms with E-state index in [2.05, 4.69) is 63.7 Å². The third-order valence-corrected chi connectivity index (χ3v) is 13.6. The molecule has 15 rings (SSSR count). The maximum absolute atomic E-state index is 9.56. The van der Waals surface area contributed by atoms with Crippen LogP contribution in [0.1, 0.15) is 16.4 Å². The standard InChI is InChI=1S/C64H40N6/c1-2-19-42(20-3-1)67-52-29-11-10-27-50(52)51-39-41(37-38-59(51)67)43-28-18-36-60(68-53-30-12-4-21-44(53)45-22-5-13-31-54(45)68)63(43)64-65-61(69-55-32-14-6-23-46(55)47-24-7-15-33-56(47)69)40-62(66-64)70-57-34-16-8-25-48(57)49-26-9-17-35-58(49)70/h1-40H/i6D,7D,8D,14D,15D,16D,23D,24D,25D,32D,33D,34D. The van der Waals surface area contributed by atoms with Crippen molar-refractivity contribution in [2.24, 2.45) is 0 Å². The van der Waals surface area contributed by atoms with Gasteiger partial charge in [-0.05, 0) is 83.9 Å². The SMILES string of the molecule is [2H]c1c([2H])c([2H])c2c(c1[2H])c1ccccc1n2-c1cc(-n2c3c([2H])c([2H])c([2H])c([2H])c3c3c([2H])c([2H])c([2H])c([2H])c32)nc(-c2c(-c3ccc4c(c3)c3ccccc3n4-c3ccccc3)cccc2-n2c3ccccc3c3ccccc32)n1. The highest BCUT2D eigenvalue weighted by molar-refractivity contribution is 6.14. The molecule has 15 aromatic rings. The predicted molar refractivity (Wildman–Crippen MR) is 290 cm³/mol. The molecule has 70 heavy (non-hydrogen) atoms. The average Bonchev–Trinajstić information content (AvgIpc) is 4.32. The second-order valence-corrected chi connectivity index (χ2v) is 17.3. The van der Waals surface area contributed by atoms with Crippen LogP contribution in [0.2, 0.25) is 0 Å². The molecule has 0 fully saturated rings. The van der Waals surface area contributed by atoms with Crippen LogP contribution in [0.15, 0.2) is 242 Å². The van der Waals surface area contributed by atoms with Gasteiger partial charge in [-0.2, -0.15) is 0 Å². The second kappa shape index (κ2) is 15.0. The van der Waals surface area contributed by atoms with Crippen molar-refractivity contribution in [3.63, 3.8) is 0 Å². The number of para-hydroxylation sites is 8. The topological polar surface area (TPSA) is 45.5 Å². The summed E-state index contributed by atoms with van der Waals surface area (Å²) in [6.07, 6.45) is 0. The number of benzene rings is 10. The van der Waals surface area contributed by atoms with Crippen molar-refractivity contribution in [3.05, 3.63) is 242 Å². The highest BCUT2D eigenvalue weighted by Gasteiger charge is 2.25. The molecule has 0 amide bonds. The van der Waals surface area contributed by atoms with E-state index in [0.29, 0.717) is 27.7 Å². The van der Waals surface area contributed by atoms with E-state index in [0.717, 1.165) is 54.9 Å². The molecule has 0 saturated carbocycles. The van der Waals surface area contributed by atoms with E-state index in [1.807, 2.05) is 84.9 Å². The van der Waals surface area contributed by atoms with Crippen LogP contribution >= 0.6 is 0 Å². The highest BCUT2D eigenvalue weighted by Crippen LogP contribution is 2.44. The minimum Gasteiger partial charge on any atom is -0.309 e. The van der Waals surface area contributed by atoms with Crippen LogP contribution in [-0.4, -0.2) is 28.2 Å². The van der Waals surface area contributed by atoms with E-state index in [-0.39, 0.29) is 62.3 Å². The van der Waals surface area contributed by atoms with Crippen LogP contribution in [-0.2, 0) is 0 Å². The minimum atomic E-state index is -0.604. The monoisotopic (exact) mass is 904 g/mol. The molecule has 0 aliphatic rings. The molecule has 5 heterocycles. The van der Waals surface area contributed by atoms with Gasteiger partial charge in [0.1, 0.15) is 11.6 Å². The molecule has 0 spiro atoms. The van der Waals surface area contributed by atoms with Crippen molar-refractivity contribution in [3.8, 4) is 45.5 Å². The van der Waals surface area contributed by atoms with Crippen LogP contribution in [0.4, 0.5) is 0 Å². The zero-order valence-electron chi connectivity index (χ0n) is 48.8. The average molecular weight is 905 g/mol. The fraction of sp³-hybridized carbons (Fsp3) is 0. The molecule has 6 nitrogen and oxygen atoms in total. The molecule has 0 unspecified atom stereocenters. The summed E-state index contributed by atoms with van der Waals surface area (Å²) < 4.78 is 118. The summed E-state index contributed by atoms with van der Waals surface area (Å²) in [5, 5.41) is 4.39. The number of hydrogen-bond acceptors (Lipinski definition) is 2. The number of rotatable bonds is 6. The highest BCUT2D eigenvalue weighted by atomic mass is 15.2. The van der Waals surface area contributed by atoms with Crippen LogP contribution in [0.25, 0.3) is 133 Å². The Bertz CT molecular complexity index is 5200. The van der Waals surface area contributed by atoms with Crippen molar-refractivity contribution < 1.29 is 16.4 Å².